The predicted octanol–water partition coefficient (Wildman–Crippen LogP) is 1.98. The van der Waals surface area contributed by atoms with Crippen LogP contribution in [0.2, 0.25) is 0 Å². The topological polar surface area (TPSA) is 55.1 Å². The van der Waals surface area contributed by atoms with E-state index < -0.39 is 0 Å². The van der Waals surface area contributed by atoms with E-state index in [0.29, 0.717) is 18.9 Å². The summed E-state index contributed by atoms with van der Waals surface area (Å²) in [6.07, 6.45) is 10.5. The lowest BCUT2D eigenvalue weighted by Gasteiger charge is -2.17. The van der Waals surface area contributed by atoms with E-state index in [-0.39, 0.29) is 11.9 Å². The van der Waals surface area contributed by atoms with Gasteiger partial charge >= 0.3 is 0 Å². The van der Waals surface area contributed by atoms with Crippen molar-refractivity contribution in [2.24, 2.45) is 11.7 Å². The first-order chi connectivity index (χ1) is 7.76. The average Bonchev–Trinajstić information content (AvgIpc) is 2.76. The molecule has 1 aliphatic rings. The Morgan fingerprint density at radius 1 is 1.62 bits per heavy atom. The second kappa shape index (κ2) is 7.44. The van der Waals surface area contributed by atoms with E-state index in [0.717, 1.165) is 32.1 Å². The van der Waals surface area contributed by atoms with E-state index in [4.69, 9.17) is 5.73 Å². The summed E-state index contributed by atoms with van der Waals surface area (Å²) in [5.41, 5.74) is 5.64. The molecule has 0 saturated heterocycles. The zero-order valence-corrected chi connectivity index (χ0v) is 10.2. The van der Waals surface area contributed by atoms with Crippen LogP contribution < -0.4 is 11.1 Å². The van der Waals surface area contributed by atoms with E-state index in [1.165, 1.54) is 0 Å². The van der Waals surface area contributed by atoms with Gasteiger partial charge in [0, 0.05) is 19.0 Å². The predicted molar refractivity (Wildman–Crippen MR) is 67.0 cm³/mol. The van der Waals surface area contributed by atoms with Gasteiger partial charge in [-0.25, -0.2) is 0 Å². The quantitative estimate of drug-likeness (QED) is 0.650. The maximum atomic E-state index is 11.7. The van der Waals surface area contributed by atoms with Crippen molar-refractivity contribution in [3.05, 3.63) is 12.2 Å². The summed E-state index contributed by atoms with van der Waals surface area (Å²) in [4.78, 5) is 11.7. The minimum Gasteiger partial charge on any atom is -0.352 e. The first kappa shape index (κ1) is 13.2. The Kier molecular flexibility index (Phi) is 6.16. The average molecular weight is 224 g/mol. The second-order valence-electron chi connectivity index (χ2n) is 4.61. The molecule has 3 heteroatoms. The summed E-state index contributed by atoms with van der Waals surface area (Å²) in [5.74, 6) is 0.604. The zero-order valence-electron chi connectivity index (χ0n) is 10.2. The normalized spacial score (nSPS) is 21.0. The van der Waals surface area contributed by atoms with Gasteiger partial charge in [0.2, 0.25) is 5.91 Å². The third-order valence-electron chi connectivity index (χ3n) is 3.12. The van der Waals surface area contributed by atoms with Crippen molar-refractivity contribution in [3.63, 3.8) is 0 Å². The van der Waals surface area contributed by atoms with E-state index in [1.807, 2.05) is 0 Å². The summed E-state index contributed by atoms with van der Waals surface area (Å²) >= 11 is 0. The van der Waals surface area contributed by atoms with Crippen molar-refractivity contribution >= 4 is 5.91 Å². The molecule has 0 saturated carbocycles. The molecule has 0 radical (unpaired) electrons. The second-order valence-corrected chi connectivity index (χ2v) is 4.61. The fraction of sp³-hybridized carbons (Fsp3) is 0.769. The standard InChI is InChI=1S/C13H24N2O/c1-2-3-8-12(10-14)15-13(16)9-11-6-4-5-7-11/h4,6,11-12H,2-3,5,7-10,14H2,1H3,(H,15,16). The fourth-order valence-electron chi connectivity index (χ4n) is 2.09. The van der Waals surface area contributed by atoms with Crippen LogP contribution in [0.3, 0.4) is 0 Å². The molecule has 0 aromatic carbocycles. The number of allylic oxidation sites excluding steroid dienone is 2. The van der Waals surface area contributed by atoms with Gasteiger partial charge in [0.25, 0.3) is 0 Å². The molecule has 16 heavy (non-hydrogen) atoms. The van der Waals surface area contributed by atoms with Gasteiger partial charge in [0.1, 0.15) is 0 Å². The van der Waals surface area contributed by atoms with Gasteiger partial charge in [-0.15, -0.1) is 0 Å². The SMILES string of the molecule is CCCCC(CN)NC(=O)CC1C=CCC1. The molecule has 1 amide bonds. The van der Waals surface area contributed by atoms with Crippen LogP contribution in [-0.2, 0) is 4.79 Å². The van der Waals surface area contributed by atoms with Gasteiger partial charge in [-0.3, -0.25) is 4.79 Å². The number of hydrogen-bond donors (Lipinski definition) is 2. The number of nitrogens with one attached hydrogen (secondary N) is 1. The highest BCUT2D eigenvalue weighted by molar-refractivity contribution is 5.76. The molecule has 2 atom stereocenters. The number of nitrogens with two attached hydrogens (primary N) is 1. The number of carbonyl (C=O) groups is 1. The van der Waals surface area contributed by atoms with E-state index in [2.05, 4.69) is 24.4 Å². The van der Waals surface area contributed by atoms with Crippen molar-refractivity contribution in [1.82, 2.24) is 5.32 Å². The van der Waals surface area contributed by atoms with Crippen LogP contribution in [0, 0.1) is 5.92 Å². The van der Waals surface area contributed by atoms with Crippen molar-refractivity contribution < 1.29 is 4.79 Å². The zero-order chi connectivity index (χ0) is 11.8. The first-order valence-corrected chi connectivity index (χ1v) is 6.42. The minimum absolute atomic E-state index is 0.156. The lowest BCUT2D eigenvalue weighted by atomic mass is 10.0. The van der Waals surface area contributed by atoms with E-state index in [9.17, 15) is 4.79 Å². The molecule has 0 fully saturated rings. The monoisotopic (exact) mass is 224 g/mol. The summed E-state index contributed by atoms with van der Waals surface area (Å²) in [6.45, 7) is 2.70. The lowest BCUT2D eigenvalue weighted by molar-refractivity contribution is -0.122. The van der Waals surface area contributed by atoms with E-state index >= 15 is 0 Å². The van der Waals surface area contributed by atoms with Crippen molar-refractivity contribution in [1.29, 1.82) is 0 Å². The third kappa shape index (κ3) is 4.79. The minimum atomic E-state index is 0.156. The van der Waals surface area contributed by atoms with Crippen LogP contribution in [0.5, 0.6) is 0 Å². The summed E-state index contributed by atoms with van der Waals surface area (Å²) in [7, 11) is 0. The number of rotatable bonds is 7. The number of unbranched alkanes of at least 4 members (excludes halogenated alkanes) is 1. The molecule has 0 aromatic heterocycles. The smallest absolute Gasteiger partial charge is 0.220 e. The van der Waals surface area contributed by atoms with Gasteiger partial charge in [-0.05, 0) is 25.2 Å². The summed E-state index contributed by atoms with van der Waals surface area (Å²) in [6, 6.07) is 0.165. The molecule has 92 valence electrons. The Morgan fingerprint density at radius 2 is 2.44 bits per heavy atom. The molecule has 0 spiro atoms. The van der Waals surface area contributed by atoms with E-state index in [1.54, 1.807) is 0 Å². The van der Waals surface area contributed by atoms with Gasteiger partial charge in [0.15, 0.2) is 0 Å². The molecule has 1 aliphatic carbocycles. The Bertz CT molecular complexity index is 238. The highest BCUT2D eigenvalue weighted by Crippen LogP contribution is 2.20. The van der Waals surface area contributed by atoms with Crippen LogP contribution in [-0.4, -0.2) is 18.5 Å². The van der Waals surface area contributed by atoms with Crippen molar-refractivity contribution in [2.45, 2.75) is 51.5 Å². The molecule has 0 bridgehead atoms. The molecule has 0 aromatic rings. The van der Waals surface area contributed by atoms with Crippen LogP contribution in [0.4, 0.5) is 0 Å². The first-order valence-electron chi connectivity index (χ1n) is 6.42. The molecule has 0 heterocycles. The molecular formula is C13H24N2O. The molecule has 1 rings (SSSR count). The van der Waals surface area contributed by atoms with Gasteiger partial charge < -0.3 is 11.1 Å². The number of hydrogen-bond acceptors (Lipinski definition) is 2. The molecular weight excluding hydrogens is 200 g/mol. The number of carbonyl (C=O) groups excluding carboxylic acids is 1. The molecule has 2 unspecified atom stereocenters. The number of amides is 1. The molecule has 3 nitrogen and oxygen atoms in total. The Hall–Kier alpha value is -0.830. The van der Waals surface area contributed by atoms with Crippen LogP contribution >= 0.6 is 0 Å². The van der Waals surface area contributed by atoms with Crippen molar-refractivity contribution in [3.8, 4) is 0 Å². The fourth-order valence-corrected chi connectivity index (χ4v) is 2.09. The molecule has 0 aliphatic heterocycles. The van der Waals surface area contributed by atoms with Gasteiger partial charge in [-0.1, -0.05) is 31.9 Å². The maximum absolute atomic E-state index is 11.7. The Morgan fingerprint density at radius 3 is 3.00 bits per heavy atom. The third-order valence-corrected chi connectivity index (χ3v) is 3.12. The van der Waals surface area contributed by atoms with Gasteiger partial charge in [0.05, 0.1) is 0 Å². The lowest BCUT2D eigenvalue weighted by Crippen LogP contribution is -2.40. The van der Waals surface area contributed by atoms with Crippen molar-refractivity contribution in [2.75, 3.05) is 6.54 Å². The maximum Gasteiger partial charge on any atom is 0.220 e. The summed E-state index contributed by atoms with van der Waals surface area (Å²) in [5, 5.41) is 3.03. The largest absolute Gasteiger partial charge is 0.352 e. The Balaban J connectivity index is 2.22. The van der Waals surface area contributed by atoms with Crippen LogP contribution in [0.15, 0.2) is 12.2 Å². The van der Waals surface area contributed by atoms with Crippen LogP contribution in [0.25, 0.3) is 0 Å². The highest BCUT2D eigenvalue weighted by Gasteiger charge is 2.16. The Labute approximate surface area is 98.5 Å². The summed E-state index contributed by atoms with van der Waals surface area (Å²) < 4.78 is 0. The van der Waals surface area contributed by atoms with Gasteiger partial charge in [-0.2, -0.15) is 0 Å². The molecule has 3 N–H and O–H groups in total. The van der Waals surface area contributed by atoms with Crippen LogP contribution in [0.1, 0.15) is 45.4 Å². The highest BCUT2D eigenvalue weighted by atomic mass is 16.1.